The van der Waals surface area contributed by atoms with Gasteiger partial charge < -0.3 is 4.74 Å². The zero-order valence-corrected chi connectivity index (χ0v) is 33.5. The van der Waals surface area contributed by atoms with Crippen molar-refractivity contribution in [3.8, 4) is 39.8 Å². The smallest absolute Gasteiger partial charge is 0.269 e. The Morgan fingerprint density at radius 2 is 1.27 bits per heavy atom. The van der Waals surface area contributed by atoms with Gasteiger partial charge in [-0.3, -0.25) is 13.7 Å². The third-order valence-electron chi connectivity index (χ3n) is 10.4. The summed E-state index contributed by atoms with van der Waals surface area (Å²) in [7, 11) is 0. The van der Waals surface area contributed by atoms with Gasteiger partial charge in [-0.1, -0.05) is 123 Å². The van der Waals surface area contributed by atoms with Crippen molar-refractivity contribution in [2.24, 2.45) is 0 Å². The van der Waals surface area contributed by atoms with E-state index in [1.807, 2.05) is 6.20 Å². The van der Waals surface area contributed by atoms with Crippen LogP contribution in [0.2, 0.25) is 0 Å². The number of hydrogen-bond acceptors (Lipinski definition) is 2. The molecule has 0 bridgehead atoms. The summed E-state index contributed by atoms with van der Waals surface area (Å²) in [4.78, 5) is 4.88. The molecule has 0 radical (unpaired) electrons. The van der Waals surface area contributed by atoms with Crippen LogP contribution in [0.3, 0.4) is 0 Å². The van der Waals surface area contributed by atoms with Gasteiger partial charge in [-0.2, -0.15) is 0 Å². The summed E-state index contributed by atoms with van der Waals surface area (Å²) in [5, 5.41) is 2.34. The van der Waals surface area contributed by atoms with Crippen LogP contribution in [0.5, 0.6) is 11.5 Å². The standard InChI is InChI=1S/C50H50N4O/c1-48(2,3)36-24-25-51-47(29-36)54-44-21-14-13-20-42(44)43-23-22-40(31-45(43)54)55-41-28-37(49(4,5)6)27-39(30-41)53-33-52(32-46(53)50(7,8)9)38-19-15-18-35(26-38)34-16-11-10-12-17-34/h10-32H,1-9H3. The number of pyridine rings is 1. The molecule has 0 aliphatic carbocycles. The minimum absolute atomic E-state index is 0.00400. The molecule has 0 unspecified atom stereocenters. The Labute approximate surface area is 325 Å². The summed E-state index contributed by atoms with van der Waals surface area (Å²) in [5.41, 5.74) is 9.86. The third-order valence-corrected chi connectivity index (χ3v) is 10.4. The van der Waals surface area contributed by atoms with E-state index >= 15 is 0 Å². The van der Waals surface area contributed by atoms with E-state index in [0.717, 1.165) is 50.8 Å². The SMILES string of the molecule is CC(C)(C)c1cc(Oc2ccc3c4ccccc4n(-c4cc(C(C)(C)C)ccn4)c3c2)cc(-n2[c-][n+](-c3cccc(-c4ccccc4)c3)cc2C(C)(C)C)c1. The number of hydrogen-bond donors (Lipinski definition) is 0. The summed E-state index contributed by atoms with van der Waals surface area (Å²) in [5.74, 6) is 2.44. The molecule has 5 heteroatoms. The molecule has 3 heterocycles. The van der Waals surface area contributed by atoms with Gasteiger partial charge in [0.2, 0.25) is 0 Å². The fourth-order valence-corrected chi connectivity index (χ4v) is 7.30. The van der Waals surface area contributed by atoms with Gasteiger partial charge >= 0.3 is 0 Å². The van der Waals surface area contributed by atoms with Crippen molar-refractivity contribution in [1.29, 1.82) is 0 Å². The van der Waals surface area contributed by atoms with Gasteiger partial charge in [0.05, 0.1) is 28.1 Å². The predicted octanol–water partition coefficient (Wildman–Crippen LogP) is 12.4. The monoisotopic (exact) mass is 722 g/mol. The Morgan fingerprint density at radius 1 is 0.564 bits per heavy atom. The number of nitrogens with zero attached hydrogens (tertiary/aromatic N) is 4. The molecule has 8 rings (SSSR count). The predicted molar refractivity (Wildman–Crippen MR) is 226 cm³/mol. The highest BCUT2D eigenvalue weighted by molar-refractivity contribution is 6.09. The highest BCUT2D eigenvalue weighted by Gasteiger charge is 2.25. The van der Waals surface area contributed by atoms with Crippen LogP contribution in [0.15, 0.2) is 140 Å². The lowest BCUT2D eigenvalue weighted by atomic mass is 9.86. The van der Waals surface area contributed by atoms with Crippen molar-refractivity contribution < 1.29 is 9.30 Å². The van der Waals surface area contributed by atoms with Crippen molar-refractivity contribution >= 4 is 21.8 Å². The van der Waals surface area contributed by atoms with E-state index in [0.29, 0.717) is 0 Å². The molecule has 0 saturated heterocycles. The number of benzene rings is 5. The lowest BCUT2D eigenvalue weighted by molar-refractivity contribution is -0.599. The van der Waals surface area contributed by atoms with E-state index in [4.69, 9.17) is 9.72 Å². The topological polar surface area (TPSA) is 35.9 Å². The number of imidazole rings is 1. The molecule has 0 aliphatic heterocycles. The van der Waals surface area contributed by atoms with Gasteiger partial charge in [-0.25, -0.2) is 4.98 Å². The molecule has 0 aliphatic rings. The lowest BCUT2D eigenvalue weighted by Gasteiger charge is -2.24. The van der Waals surface area contributed by atoms with Gasteiger partial charge in [0.25, 0.3) is 6.33 Å². The van der Waals surface area contributed by atoms with Crippen LogP contribution < -0.4 is 9.30 Å². The number of ether oxygens (including phenoxy) is 1. The molecule has 0 spiro atoms. The first-order valence-electron chi connectivity index (χ1n) is 19.2. The van der Waals surface area contributed by atoms with Crippen molar-refractivity contribution in [1.82, 2.24) is 14.1 Å². The Kier molecular flexibility index (Phi) is 8.80. The van der Waals surface area contributed by atoms with Gasteiger partial charge in [0.1, 0.15) is 17.3 Å². The molecule has 0 amide bonds. The van der Waals surface area contributed by atoms with E-state index in [9.17, 15) is 0 Å². The van der Waals surface area contributed by atoms with Crippen LogP contribution in [0, 0.1) is 6.33 Å². The van der Waals surface area contributed by atoms with Crippen LogP contribution in [-0.4, -0.2) is 14.1 Å². The van der Waals surface area contributed by atoms with Crippen molar-refractivity contribution in [3.05, 3.63) is 163 Å². The van der Waals surface area contributed by atoms with Crippen molar-refractivity contribution in [2.45, 2.75) is 78.6 Å². The van der Waals surface area contributed by atoms with Crippen LogP contribution in [0.25, 0.3) is 50.1 Å². The minimum Gasteiger partial charge on any atom is -0.458 e. The fourth-order valence-electron chi connectivity index (χ4n) is 7.30. The molecule has 5 nitrogen and oxygen atoms in total. The summed E-state index contributed by atoms with van der Waals surface area (Å²) >= 11 is 0. The summed E-state index contributed by atoms with van der Waals surface area (Å²) in [6, 6.07) is 45.0. The van der Waals surface area contributed by atoms with E-state index in [-0.39, 0.29) is 16.2 Å². The van der Waals surface area contributed by atoms with Crippen LogP contribution in [0.4, 0.5) is 0 Å². The first kappa shape index (κ1) is 36.1. The van der Waals surface area contributed by atoms with Crippen molar-refractivity contribution in [2.75, 3.05) is 0 Å². The molecular weight excluding hydrogens is 673 g/mol. The van der Waals surface area contributed by atoms with E-state index in [2.05, 4.69) is 216 Å². The van der Waals surface area contributed by atoms with Gasteiger partial charge in [0.15, 0.2) is 0 Å². The van der Waals surface area contributed by atoms with Gasteiger partial charge in [-0.15, -0.1) is 0 Å². The van der Waals surface area contributed by atoms with Crippen LogP contribution in [-0.2, 0) is 16.2 Å². The Hall–Kier alpha value is -5.94. The second-order valence-electron chi connectivity index (χ2n) is 17.7. The van der Waals surface area contributed by atoms with E-state index in [1.54, 1.807) is 0 Å². The van der Waals surface area contributed by atoms with Crippen molar-refractivity contribution in [3.63, 3.8) is 0 Å². The number of rotatable bonds is 6. The molecule has 0 N–H and O–H groups in total. The second-order valence-corrected chi connectivity index (χ2v) is 17.7. The Morgan fingerprint density at radius 3 is 2.02 bits per heavy atom. The first-order chi connectivity index (χ1) is 26.1. The maximum atomic E-state index is 6.86. The molecule has 0 fully saturated rings. The van der Waals surface area contributed by atoms with Crippen LogP contribution >= 0.6 is 0 Å². The quantitative estimate of drug-likeness (QED) is 0.127. The van der Waals surface area contributed by atoms with Crippen LogP contribution in [0.1, 0.15) is 79.1 Å². The number of aromatic nitrogens is 4. The average molecular weight is 723 g/mol. The average Bonchev–Trinajstić information content (AvgIpc) is 3.75. The van der Waals surface area contributed by atoms with Gasteiger partial charge in [-0.05, 0) is 99.2 Å². The molecule has 0 atom stereocenters. The first-order valence-corrected chi connectivity index (χ1v) is 19.2. The minimum atomic E-state index is -0.158. The highest BCUT2D eigenvalue weighted by Crippen LogP contribution is 2.38. The molecular formula is C50H50N4O. The van der Waals surface area contributed by atoms with E-state index in [1.165, 1.54) is 27.6 Å². The summed E-state index contributed by atoms with van der Waals surface area (Å²) in [6.07, 6.45) is 7.85. The summed E-state index contributed by atoms with van der Waals surface area (Å²) in [6.45, 7) is 20.2. The zero-order valence-electron chi connectivity index (χ0n) is 33.5. The molecule has 276 valence electrons. The second kappa shape index (κ2) is 13.4. The zero-order chi connectivity index (χ0) is 38.7. The maximum Gasteiger partial charge on any atom is 0.269 e. The van der Waals surface area contributed by atoms with Gasteiger partial charge in [0, 0.05) is 29.2 Å². The number of para-hydroxylation sites is 1. The summed E-state index contributed by atoms with van der Waals surface area (Å²) < 4.78 is 13.4. The van der Waals surface area contributed by atoms with E-state index < -0.39 is 0 Å². The Balaban J connectivity index is 1.24. The lowest BCUT2D eigenvalue weighted by Crippen LogP contribution is -2.28. The number of fused-ring (bicyclic) bond motifs is 3. The molecule has 8 aromatic rings. The third kappa shape index (κ3) is 7.07. The normalized spacial score (nSPS) is 12.5. The Bertz CT molecular complexity index is 2680. The molecule has 5 aromatic carbocycles. The maximum absolute atomic E-state index is 6.86. The fraction of sp³-hybridized carbons (Fsp3) is 0.240. The molecule has 3 aromatic heterocycles. The molecule has 0 saturated carbocycles. The highest BCUT2D eigenvalue weighted by atomic mass is 16.5. The molecule has 55 heavy (non-hydrogen) atoms. The largest absolute Gasteiger partial charge is 0.458 e.